The van der Waals surface area contributed by atoms with E-state index in [-0.39, 0.29) is 18.8 Å². The highest BCUT2D eigenvalue weighted by Gasteiger charge is 2.29. The molecule has 6 heteroatoms. The highest BCUT2D eigenvalue weighted by atomic mass is 16.7. The Balaban J connectivity index is 1.38. The molecule has 5 rings (SSSR count). The number of ether oxygens (including phenoxy) is 3. The van der Waals surface area contributed by atoms with Crippen molar-refractivity contribution in [2.45, 2.75) is 31.9 Å². The van der Waals surface area contributed by atoms with Crippen LogP contribution in [0, 0.1) is 0 Å². The third-order valence-electron chi connectivity index (χ3n) is 5.68. The quantitative estimate of drug-likeness (QED) is 0.696. The number of rotatable bonds is 6. The number of aromatic amines is 1. The van der Waals surface area contributed by atoms with E-state index in [1.54, 1.807) is 0 Å². The van der Waals surface area contributed by atoms with Crippen LogP contribution >= 0.6 is 0 Å². The summed E-state index contributed by atoms with van der Waals surface area (Å²) >= 11 is 0. The summed E-state index contributed by atoms with van der Waals surface area (Å²) in [5.74, 6) is 1.53. The Kier molecular flexibility index (Phi) is 4.86. The van der Waals surface area contributed by atoms with E-state index < -0.39 is 0 Å². The molecule has 0 spiro atoms. The van der Waals surface area contributed by atoms with Gasteiger partial charge in [-0.2, -0.15) is 0 Å². The number of hydrogen-bond donors (Lipinski definition) is 1. The minimum Gasteiger partial charge on any atom is -0.454 e. The third-order valence-corrected chi connectivity index (χ3v) is 5.68. The Labute approximate surface area is 169 Å². The van der Waals surface area contributed by atoms with Crippen molar-refractivity contribution in [3.05, 3.63) is 59.8 Å². The number of carbonyl (C=O) groups is 1. The van der Waals surface area contributed by atoms with Gasteiger partial charge in [-0.25, -0.2) is 0 Å². The second-order valence-electron chi connectivity index (χ2n) is 7.52. The van der Waals surface area contributed by atoms with Crippen LogP contribution in [0.2, 0.25) is 0 Å². The van der Waals surface area contributed by atoms with E-state index in [1.807, 2.05) is 41.4 Å². The van der Waals surface area contributed by atoms with Crippen molar-refractivity contribution >= 4 is 16.8 Å². The summed E-state index contributed by atoms with van der Waals surface area (Å²) in [5.41, 5.74) is 3.29. The van der Waals surface area contributed by atoms with Crippen LogP contribution in [0.15, 0.2) is 48.7 Å². The lowest BCUT2D eigenvalue weighted by Crippen LogP contribution is -2.39. The van der Waals surface area contributed by atoms with Gasteiger partial charge < -0.3 is 24.1 Å². The summed E-state index contributed by atoms with van der Waals surface area (Å²) in [5, 5.41) is 1.20. The highest BCUT2D eigenvalue weighted by molar-refractivity contribution is 5.83. The van der Waals surface area contributed by atoms with Crippen molar-refractivity contribution in [1.29, 1.82) is 0 Å². The molecule has 0 unspecified atom stereocenters. The number of nitrogens with one attached hydrogen (secondary N) is 1. The summed E-state index contributed by atoms with van der Waals surface area (Å²) in [4.78, 5) is 18.4. The van der Waals surface area contributed by atoms with Crippen LogP contribution in [0.3, 0.4) is 0 Å². The molecular weight excluding hydrogens is 368 g/mol. The van der Waals surface area contributed by atoms with Crippen molar-refractivity contribution < 1.29 is 19.0 Å². The standard InChI is InChI=1S/C23H24N2O4/c26-23(21-9-4-12-27-21)25(14-17-5-3-8-20-22(17)29-15-28-20)11-10-16-13-24-19-7-2-1-6-18(16)19/h1-3,5-8,13,21,24H,4,9-12,14-15H2/t21-/m0/s1. The molecule has 1 saturated heterocycles. The molecular formula is C23H24N2O4. The van der Waals surface area contributed by atoms with Gasteiger partial charge in [0.25, 0.3) is 5.91 Å². The van der Waals surface area contributed by atoms with E-state index in [9.17, 15) is 4.79 Å². The van der Waals surface area contributed by atoms with Gasteiger partial charge in [0.15, 0.2) is 11.5 Å². The second-order valence-corrected chi connectivity index (χ2v) is 7.52. The first-order valence-electron chi connectivity index (χ1n) is 10.1. The first-order valence-corrected chi connectivity index (χ1v) is 10.1. The number of amides is 1. The molecule has 0 bridgehead atoms. The number of para-hydroxylation sites is 2. The summed E-state index contributed by atoms with van der Waals surface area (Å²) in [7, 11) is 0. The van der Waals surface area contributed by atoms with Crippen LogP contribution < -0.4 is 9.47 Å². The van der Waals surface area contributed by atoms with E-state index in [1.165, 1.54) is 10.9 Å². The molecule has 0 aliphatic carbocycles. The van der Waals surface area contributed by atoms with Gasteiger partial charge in [0.05, 0.1) is 0 Å². The lowest BCUT2D eigenvalue weighted by atomic mass is 10.1. The van der Waals surface area contributed by atoms with E-state index in [2.05, 4.69) is 17.1 Å². The Hall–Kier alpha value is -2.99. The first kappa shape index (κ1) is 18.1. The van der Waals surface area contributed by atoms with Crippen LogP contribution in [-0.2, 0) is 22.5 Å². The van der Waals surface area contributed by atoms with Gasteiger partial charge in [-0.05, 0) is 37.0 Å². The molecule has 2 aromatic carbocycles. The zero-order valence-corrected chi connectivity index (χ0v) is 16.2. The van der Waals surface area contributed by atoms with Crippen molar-refractivity contribution in [3.8, 4) is 11.5 Å². The van der Waals surface area contributed by atoms with Crippen molar-refractivity contribution in [2.24, 2.45) is 0 Å². The van der Waals surface area contributed by atoms with Crippen LogP contribution in [0.25, 0.3) is 10.9 Å². The molecule has 0 saturated carbocycles. The topological polar surface area (TPSA) is 63.8 Å². The maximum atomic E-state index is 13.2. The Morgan fingerprint density at radius 2 is 2.03 bits per heavy atom. The largest absolute Gasteiger partial charge is 0.454 e. The van der Waals surface area contributed by atoms with Crippen molar-refractivity contribution in [2.75, 3.05) is 19.9 Å². The van der Waals surface area contributed by atoms with Gasteiger partial charge in [-0.1, -0.05) is 30.3 Å². The Morgan fingerprint density at radius 3 is 2.93 bits per heavy atom. The number of fused-ring (bicyclic) bond motifs is 2. The molecule has 1 fully saturated rings. The average molecular weight is 392 g/mol. The Morgan fingerprint density at radius 1 is 1.10 bits per heavy atom. The van der Waals surface area contributed by atoms with Gasteiger partial charge >= 0.3 is 0 Å². The molecule has 1 atom stereocenters. The maximum absolute atomic E-state index is 13.2. The normalized spacial score (nSPS) is 17.7. The number of hydrogen-bond acceptors (Lipinski definition) is 4. The van der Waals surface area contributed by atoms with Crippen molar-refractivity contribution in [3.63, 3.8) is 0 Å². The van der Waals surface area contributed by atoms with Crippen molar-refractivity contribution in [1.82, 2.24) is 9.88 Å². The lowest BCUT2D eigenvalue weighted by molar-refractivity contribution is -0.141. The fraction of sp³-hybridized carbons (Fsp3) is 0.348. The molecule has 150 valence electrons. The monoisotopic (exact) mass is 392 g/mol. The minimum atomic E-state index is -0.341. The third kappa shape index (κ3) is 3.56. The van der Waals surface area contributed by atoms with E-state index in [0.717, 1.165) is 41.8 Å². The van der Waals surface area contributed by atoms with Crippen LogP contribution in [0.5, 0.6) is 11.5 Å². The number of H-pyrrole nitrogens is 1. The smallest absolute Gasteiger partial charge is 0.252 e. The zero-order chi connectivity index (χ0) is 19.6. The molecule has 3 heterocycles. The predicted molar refractivity (Wildman–Crippen MR) is 109 cm³/mol. The fourth-order valence-electron chi connectivity index (χ4n) is 4.16. The first-order chi connectivity index (χ1) is 14.3. The molecule has 2 aliphatic rings. The molecule has 6 nitrogen and oxygen atoms in total. The molecule has 1 aromatic heterocycles. The molecule has 1 N–H and O–H groups in total. The molecule has 2 aliphatic heterocycles. The number of aromatic nitrogens is 1. The number of nitrogens with zero attached hydrogens (tertiary/aromatic N) is 1. The molecule has 29 heavy (non-hydrogen) atoms. The van der Waals surface area contributed by atoms with Gasteiger partial charge in [0.1, 0.15) is 6.10 Å². The average Bonchev–Trinajstić information content (AvgIpc) is 3.51. The van der Waals surface area contributed by atoms with E-state index in [0.29, 0.717) is 19.7 Å². The maximum Gasteiger partial charge on any atom is 0.252 e. The fourth-order valence-corrected chi connectivity index (χ4v) is 4.16. The number of benzene rings is 2. The summed E-state index contributed by atoms with van der Waals surface area (Å²) in [6, 6.07) is 14.1. The van der Waals surface area contributed by atoms with Gasteiger partial charge in [0.2, 0.25) is 6.79 Å². The van der Waals surface area contributed by atoms with Gasteiger partial charge in [-0.3, -0.25) is 4.79 Å². The minimum absolute atomic E-state index is 0.0545. The number of carbonyl (C=O) groups excluding carboxylic acids is 1. The van der Waals surface area contributed by atoms with Gasteiger partial charge in [-0.15, -0.1) is 0 Å². The predicted octanol–water partition coefficient (Wildman–Crippen LogP) is 3.65. The van der Waals surface area contributed by atoms with E-state index in [4.69, 9.17) is 14.2 Å². The highest BCUT2D eigenvalue weighted by Crippen LogP contribution is 2.36. The summed E-state index contributed by atoms with van der Waals surface area (Å²) in [6.45, 7) is 1.98. The lowest BCUT2D eigenvalue weighted by Gasteiger charge is -2.26. The van der Waals surface area contributed by atoms with Gasteiger partial charge in [0, 0.05) is 42.4 Å². The molecule has 0 radical (unpaired) electrons. The Bertz CT molecular complexity index is 1020. The summed E-state index contributed by atoms with van der Waals surface area (Å²) in [6.07, 6.45) is 4.19. The van der Waals surface area contributed by atoms with E-state index >= 15 is 0 Å². The molecule has 3 aromatic rings. The van der Waals surface area contributed by atoms with Crippen LogP contribution in [-0.4, -0.2) is 41.8 Å². The SMILES string of the molecule is O=C([C@@H]1CCCO1)N(CCc1c[nH]c2ccccc12)Cc1cccc2c1OCO2. The van der Waals surface area contributed by atoms with Crippen LogP contribution in [0.1, 0.15) is 24.0 Å². The zero-order valence-electron chi connectivity index (χ0n) is 16.2. The summed E-state index contributed by atoms with van der Waals surface area (Å²) < 4.78 is 16.8. The van der Waals surface area contributed by atoms with Crippen LogP contribution in [0.4, 0.5) is 0 Å². The molecule has 1 amide bonds. The second kappa shape index (κ2) is 7.79.